The minimum absolute atomic E-state index is 0.103. The second kappa shape index (κ2) is 12.0. The van der Waals surface area contributed by atoms with Crippen LogP contribution in [0.2, 0.25) is 0 Å². The van der Waals surface area contributed by atoms with Crippen LogP contribution in [0.3, 0.4) is 0 Å². The van der Waals surface area contributed by atoms with E-state index in [0.717, 1.165) is 62.7 Å². The van der Waals surface area contributed by atoms with Crippen LogP contribution in [0.5, 0.6) is 0 Å². The maximum Gasteiger partial charge on any atom is 0.243 e. The van der Waals surface area contributed by atoms with Gasteiger partial charge in [-0.3, -0.25) is 9.59 Å². The number of hydrogen-bond acceptors (Lipinski definition) is 4. The average molecular weight is 495 g/mol. The molecule has 198 valence electrons. The topological polar surface area (TPSA) is 82.3 Å². The highest BCUT2D eigenvalue weighted by Gasteiger charge is 2.32. The van der Waals surface area contributed by atoms with Gasteiger partial charge >= 0.3 is 0 Å². The normalized spacial score (nSPS) is 31.1. The zero-order valence-corrected chi connectivity index (χ0v) is 22.1. The Labute approximate surface area is 217 Å². The van der Waals surface area contributed by atoms with Gasteiger partial charge in [0.2, 0.25) is 11.8 Å². The Balaban J connectivity index is 1.01. The van der Waals surface area contributed by atoms with Crippen molar-refractivity contribution in [3.8, 4) is 0 Å². The van der Waals surface area contributed by atoms with Gasteiger partial charge in [0.15, 0.2) is 0 Å². The molecule has 2 aliphatic carbocycles. The molecule has 4 N–H and O–H groups in total. The summed E-state index contributed by atoms with van der Waals surface area (Å²) in [6.45, 7) is 4.21. The molecule has 36 heavy (non-hydrogen) atoms. The second-order valence-corrected chi connectivity index (χ2v) is 12.1. The summed E-state index contributed by atoms with van der Waals surface area (Å²) < 4.78 is 0. The highest BCUT2D eigenvalue weighted by molar-refractivity contribution is 5.88. The van der Waals surface area contributed by atoms with Crippen LogP contribution in [-0.2, 0) is 16.0 Å². The first-order valence-electron chi connectivity index (χ1n) is 14.7. The molecule has 3 atom stereocenters. The van der Waals surface area contributed by atoms with Crippen LogP contribution in [0.25, 0.3) is 0 Å². The second-order valence-electron chi connectivity index (χ2n) is 12.1. The summed E-state index contributed by atoms with van der Waals surface area (Å²) in [5, 5.41) is 13.7. The first kappa shape index (κ1) is 25.6. The summed E-state index contributed by atoms with van der Waals surface area (Å²) in [6.07, 6.45) is 14.7. The zero-order chi connectivity index (χ0) is 24.9. The van der Waals surface area contributed by atoms with Gasteiger partial charge in [0.05, 0.1) is 0 Å². The van der Waals surface area contributed by atoms with Crippen molar-refractivity contribution in [3.63, 3.8) is 0 Å². The van der Waals surface area contributed by atoms with E-state index in [1.807, 2.05) is 0 Å². The third-order valence-corrected chi connectivity index (χ3v) is 9.37. The van der Waals surface area contributed by atoms with Crippen LogP contribution < -0.4 is 21.3 Å². The van der Waals surface area contributed by atoms with Crippen LogP contribution in [0.1, 0.15) is 88.2 Å². The number of para-hydroxylation sites is 1. The fourth-order valence-electron chi connectivity index (χ4n) is 7.31. The molecule has 4 aliphatic rings. The van der Waals surface area contributed by atoms with Gasteiger partial charge in [-0.25, -0.2) is 0 Å². The molecule has 3 fully saturated rings. The van der Waals surface area contributed by atoms with Crippen molar-refractivity contribution in [1.82, 2.24) is 16.0 Å². The maximum absolute atomic E-state index is 12.9. The lowest BCUT2D eigenvalue weighted by atomic mass is 9.77. The summed E-state index contributed by atoms with van der Waals surface area (Å²) in [6, 6.07) is 6.54. The number of nitrogens with one attached hydrogen (secondary N) is 4. The molecule has 2 aliphatic heterocycles. The fraction of sp³-hybridized carbons (Fsp3) is 0.733. The van der Waals surface area contributed by atoms with Crippen LogP contribution in [0, 0.1) is 24.7 Å². The van der Waals surface area contributed by atoms with E-state index in [1.165, 1.54) is 56.1 Å². The zero-order valence-electron chi connectivity index (χ0n) is 22.1. The molecule has 1 aromatic rings. The lowest BCUT2D eigenvalue weighted by Crippen LogP contribution is -2.48. The molecule has 3 unspecified atom stereocenters. The molecule has 2 saturated carbocycles. The SMILES string of the molecule is Cc1cccc2c1NC(C(=O)N[C@H]1CC[C@H](NC(=O)CC3CNCC(C4CCCCCC4)C3)CC1)C2. The van der Waals surface area contributed by atoms with Crippen molar-refractivity contribution in [1.29, 1.82) is 0 Å². The predicted octanol–water partition coefficient (Wildman–Crippen LogP) is 4.46. The first-order valence-corrected chi connectivity index (χ1v) is 14.7. The monoisotopic (exact) mass is 494 g/mol. The molecule has 1 aromatic carbocycles. The summed E-state index contributed by atoms with van der Waals surface area (Å²) >= 11 is 0. The van der Waals surface area contributed by atoms with Crippen molar-refractivity contribution in [2.24, 2.45) is 17.8 Å². The Morgan fingerprint density at radius 3 is 2.33 bits per heavy atom. The number of piperidine rings is 1. The highest BCUT2D eigenvalue weighted by Crippen LogP contribution is 2.34. The Kier molecular flexibility index (Phi) is 8.51. The van der Waals surface area contributed by atoms with Crippen molar-refractivity contribution >= 4 is 17.5 Å². The summed E-state index contributed by atoms with van der Waals surface area (Å²) in [5.41, 5.74) is 3.55. The molecule has 2 heterocycles. The number of rotatable bonds is 6. The largest absolute Gasteiger partial charge is 0.373 e. The highest BCUT2D eigenvalue weighted by atomic mass is 16.2. The minimum Gasteiger partial charge on any atom is -0.373 e. The van der Waals surface area contributed by atoms with Gasteiger partial charge in [-0.1, -0.05) is 56.7 Å². The molecular weight excluding hydrogens is 448 g/mol. The molecule has 0 bridgehead atoms. The lowest BCUT2D eigenvalue weighted by Gasteiger charge is -2.35. The van der Waals surface area contributed by atoms with E-state index < -0.39 is 0 Å². The van der Waals surface area contributed by atoms with Crippen molar-refractivity contribution in [2.75, 3.05) is 18.4 Å². The van der Waals surface area contributed by atoms with Crippen LogP contribution >= 0.6 is 0 Å². The van der Waals surface area contributed by atoms with Gasteiger partial charge in [0.25, 0.3) is 0 Å². The smallest absolute Gasteiger partial charge is 0.243 e. The lowest BCUT2D eigenvalue weighted by molar-refractivity contribution is -0.124. The Bertz CT molecular complexity index is 902. The summed E-state index contributed by atoms with van der Waals surface area (Å²) in [4.78, 5) is 25.8. The molecule has 5 rings (SSSR count). The molecule has 6 nitrogen and oxygen atoms in total. The predicted molar refractivity (Wildman–Crippen MR) is 145 cm³/mol. The van der Waals surface area contributed by atoms with Crippen LogP contribution in [-0.4, -0.2) is 43.0 Å². The first-order chi connectivity index (χ1) is 17.5. The van der Waals surface area contributed by atoms with Gasteiger partial charge in [-0.2, -0.15) is 0 Å². The van der Waals surface area contributed by atoms with E-state index in [4.69, 9.17) is 0 Å². The number of benzene rings is 1. The van der Waals surface area contributed by atoms with Crippen molar-refractivity contribution in [2.45, 2.75) is 109 Å². The van der Waals surface area contributed by atoms with E-state index in [-0.39, 0.29) is 29.9 Å². The van der Waals surface area contributed by atoms with Crippen LogP contribution in [0.4, 0.5) is 5.69 Å². The Hall–Kier alpha value is -2.08. The number of hydrogen-bond donors (Lipinski definition) is 4. The molecule has 0 aromatic heterocycles. The van der Waals surface area contributed by atoms with E-state index in [0.29, 0.717) is 12.3 Å². The van der Waals surface area contributed by atoms with E-state index in [9.17, 15) is 9.59 Å². The number of amides is 2. The molecule has 2 amide bonds. The third kappa shape index (κ3) is 6.42. The fourth-order valence-corrected chi connectivity index (χ4v) is 7.31. The summed E-state index contributed by atoms with van der Waals surface area (Å²) in [7, 11) is 0. The van der Waals surface area contributed by atoms with Crippen LogP contribution in [0.15, 0.2) is 18.2 Å². The molecule has 0 radical (unpaired) electrons. The van der Waals surface area contributed by atoms with Gasteiger partial charge in [0, 0.05) is 30.6 Å². The Morgan fingerprint density at radius 2 is 1.61 bits per heavy atom. The maximum atomic E-state index is 12.9. The average Bonchev–Trinajstić information content (AvgIpc) is 3.14. The van der Waals surface area contributed by atoms with Gasteiger partial charge in [-0.15, -0.1) is 0 Å². The van der Waals surface area contributed by atoms with Gasteiger partial charge in [0.1, 0.15) is 6.04 Å². The van der Waals surface area contributed by atoms with E-state index >= 15 is 0 Å². The number of anilines is 1. The summed E-state index contributed by atoms with van der Waals surface area (Å²) in [5.74, 6) is 2.40. The van der Waals surface area contributed by atoms with Gasteiger partial charge in [-0.05, 0) is 81.0 Å². The number of aryl methyl sites for hydroxylation is 1. The standard InChI is InChI=1S/C30H46N4O2/c1-20-7-6-10-23-17-27(34-29(20)23)30(36)33-26-13-11-25(12-14-26)32-28(35)16-21-15-24(19-31-18-21)22-8-4-2-3-5-9-22/h6-7,10,21-22,24-27,31,34H,2-5,8-9,11-19H2,1H3,(H,32,35)(H,33,36)/t21?,24?,25-,26-,27?. The minimum atomic E-state index is -0.176. The van der Waals surface area contributed by atoms with Crippen molar-refractivity contribution < 1.29 is 9.59 Å². The quantitative estimate of drug-likeness (QED) is 0.440. The molecule has 6 heteroatoms. The molecule has 1 saturated heterocycles. The molecule has 0 spiro atoms. The van der Waals surface area contributed by atoms with E-state index in [1.54, 1.807) is 0 Å². The molecular formula is C30H46N4O2. The number of carbonyl (C=O) groups excluding carboxylic acids is 2. The Morgan fingerprint density at radius 1 is 0.889 bits per heavy atom. The number of carbonyl (C=O) groups is 2. The van der Waals surface area contributed by atoms with E-state index in [2.05, 4.69) is 46.4 Å². The third-order valence-electron chi connectivity index (χ3n) is 9.37. The number of fused-ring (bicyclic) bond motifs is 1. The van der Waals surface area contributed by atoms with Gasteiger partial charge < -0.3 is 21.3 Å². The van der Waals surface area contributed by atoms with Crippen molar-refractivity contribution in [3.05, 3.63) is 29.3 Å².